The van der Waals surface area contributed by atoms with Crippen molar-refractivity contribution in [1.82, 2.24) is 9.88 Å². The molecule has 7 nitrogen and oxygen atoms in total. The highest BCUT2D eigenvalue weighted by Crippen LogP contribution is 2.43. The number of benzene rings is 2. The monoisotopic (exact) mass is 468 g/mol. The van der Waals surface area contributed by atoms with E-state index in [1.54, 1.807) is 25.3 Å². The first-order valence-corrected chi connectivity index (χ1v) is 10.9. The molecule has 172 valence electrons. The molecule has 1 saturated heterocycles. The molecule has 4 rings (SSSR count). The summed E-state index contributed by atoms with van der Waals surface area (Å²) in [5.41, 5.74) is 2.87. The molecule has 0 spiro atoms. The molecule has 2 aromatic carbocycles. The Hall–Kier alpha value is -3.29. The summed E-state index contributed by atoms with van der Waals surface area (Å²) in [5, 5.41) is 12.5. The van der Waals surface area contributed by atoms with Crippen molar-refractivity contribution in [2.45, 2.75) is 19.4 Å². The lowest BCUT2D eigenvalue weighted by Crippen LogP contribution is -2.31. The van der Waals surface area contributed by atoms with Gasteiger partial charge in [-0.3, -0.25) is 9.59 Å². The predicted molar refractivity (Wildman–Crippen MR) is 127 cm³/mol. The number of aryl methyl sites for hydroxylation is 1. The van der Waals surface area contributed by atoms with Gasteiger partial charge >= 0.3 is 0 Å². The average molecular weight is 469 g/mol. The molecule has 0 bridgehead atoms. The number of nitrogens with zero attached hydrogens (tertiary/aromatic N) is 1. The molecule has 1 fully saturated rings. The standard InChI is InChI=1S/C25H25ClN2O5/c1-14-20(16-7-4-5-8-18(16)27-14)22-21(24(30)25(31)28(22)11-6-12-32-2)23(29)15-9-10-17(26)19(13-15)33-3/h4-5,7-10,13,22,27,29H,6,11-12H2,1-3H3/b23-21+. The number of H-pyrrole nitrogens is 1. The number of aliphatic hydroxyl groups is 1. The van der Waals surface area contributed by atoms with Gasteiger partial charge in [0.2, 0.25) is 0 Å². The second-order valence-electron chi connectivity index (χ2n) is 7.90. The maximum Gasteiger partial charge on any atom is 0.295 e. The van der Waals surface area contributed by atoms with Crippen molar-refractivity contribution < 1.29 is 24.2 Å². The third-order valence-corrected chi connectivity index (χ3v) is 6.24. The van der Waals surface area contributed by atoms with E-state index in [1.807, 2.05) is 31.2 Å². The van der Waals surface area contributed by atoms with E-state index in [2.05, 4.69) is 4.98 Å². The molecule has 1 atom stereocenters. The molecule has 3 aromatic rings. The average Bonchev–Trinajstić information content (AvgIpc) is 3.26. The van der Waals surface area contributed by atoms with Gasteiger partial charge in [-0.05, 0) is 37.6 Å². The second-order valence-corrected chi connectivity index (χ2v) is 8.30. The van der Waals surface area contributed by atoms with Crippen molar-refractivity contribution in [3.05, 3.63) is 69.9 Å². The van der Waals surface area contributed by atoms with Crippen molar-refractivity contribution in [3.63, 3.8) is 0 Å². The summed E-state index contributed by atoms with van der Waals surface area (Å²) in [6, 6.07) is 11.7. The Kier molecular flexibility index (Phi) is 6.44. The number of aromatic nitrogens is 1. The number of likely N-dealkylation sites (tertiary alicyclic amines) is 1. The van der Waals surface area contributed by atoms with Gasteiger partial charge in [0.1, 0.15) is 11.5 Å². The smallest absolute Gasteiger partial charge is 0.295 e. The van der Waals surface area contributed by atoms with Crippen LogP contribution >= 0.6 is 11.6 Å². The number of carbonyl (C=O) groups is 2. The first-order chi connectivity index (χ1) is 15.9. The summed E-state index contributed by atoms with van der Waals surface area (Å²) in [6.07, 6.45) is 0.552. The summed E-state index contributed by atoms with van der Waals surface area (Å²) in [4.78, 5) is 31.2. The van der Waals surface area contributed by atoms with E-state index in [0.717, 1.165) is 22.2 Å². The molecule has 2 N–H and O–H groups in total. The van der Waals surface area contributed by atoms with Crippen molar-refractivity contribution in [1.29, 1.82) is 0 Å². The Labute approximate surface area is 196 Å². The van der Waals surface area contributed by atoms with Crippen molar-refractivity contribution in [2.24, 2.45) is 0 Å². The van der Waals surface area contributed by atoms with Crippen LogP contribution in [0.25, 0.3) is 16.7 Å². The number of hydrogen-bond donors (Lipinski definition) is 2. The normalized spacial score (nSPS) is 17.8. The van der Waals surface area contributed by atoms with Crippen LogP contribution < -0.4 is 4.74 Å². The number of aliphatic hydroxyl groups excluding tert-OH is 1. The number of Topliss-reactive ketones (excluding diaryl/α,β-unsaturated/α-hetero) is 1. The predicted octanol–water partition coefficient (Wildman–Crippen LogP) is 4.60. The molecular formula is C25H25ClN2O5. The maximum absolute atomic E-state index is 13.2. The van der Waals surface area contributed by atoms with Crippen LogP contribution in [0.4, 0.5) is 0 Å². The molecule has 0 aliphatic carbocycles. The van der Waals surface area contributed by atoms with Gasteiger partial charge in [-0.15, -0.1) is 0 Å². The fourth-order valence-corrected chi connectivity index (χ4v) is 4.60. The molecule has 8 heteroatoms. The molecule has 1 unspecified atom stereocenters. The Morgan fingerprint density at radius 1 is 1.18 bits per heavy atom. The highest BCUT2D eigenvalue weighted by atomic mass is 35.5. The van der Waals surface area contributed by atoms with Gasteiger partial charge in [-0.25, -0.2) is 0 Å². The number of para-hydroxylation sites is 1. The third kappa shape index (κ3) is 3.98. The number of amides is 1. The van der Waals surface area contributed by atoms with Crippen molar-refractivity contribution in [3.8, 4) is 5.75 Å². The highest BCUT2D eigenvalue weighted by molar-refractivity contribution is 6.46. The minimum Gasteiger partial charge on any atom is -0.507 e. The molecule has 0 radical (unpaired) electrons. The molecule has 2 heterocycles. The maximum atomic E-state index is 13.2. The zero-order valence-corrected chi connectivity index (χ0v) is 19.4. The molecule has 1 amide bonds. The molecular weight excluding hydrogens is 444 g/mol. The van der Waals surface area contributed by atoms with Gasteiger partial charge in [-0.1, -0.05) is 29.8 Å². The van der Waals surface area contributed by atoms with Crippen LogP contribution in [0.1, 0.15) is 29.3 Å². The lowest BCUT2D eigenvalue weighted by Gasteiger charge is -2.25. The van der Waals surface area contributed by atoms with Crippen LogP contribution in [0.2, 0.25) is 5.02 Å². The number of nitrogens with one attached hydrogen (secondary N) is 1. The molecule has 33 heavy (non-hydrogen) atoms. The number of rotatable bonds is 7. The van der Waals surface area contributed by atoms with Gasteiger partial charge < -0.3 is 24.5 Å². The Bertz CT molecular complexity index is 1260. The number of hydrogen-bond acceptors (Lipinski definition) is 5. The molecule has 1 aromatic heterocycles. The topological polar surface area (TPSA) is 91.9 Å². The van der Waals surface area contributed by atoms with Gasteiger partial charge in [0, 0.05) is 48.0 Å². The summed E-state index contributed by atoms with van der Waals surface area (Å²) >= 11 is 6.13. The van der Waals surface area contributed by atoms with Crippen LogP contribution in [0, 0.1) is 6.92 Å². The zero-order valence-electron chi connectivity index (χ0n) is 18.6. The van der Waals surface area contributed by atoms with Gasteiger partial charge in [0.15, 0.2) is 0 Å². The summed E-state index contributed by atoms with van der Waals surface area (Å²) in [7, 11) is 3.05. The third-order valence-electron chi connectivity index (χ3n) is 5.93. The Balaban J connectivity index is 1.94. The lowest BCUT2D eigenvalue weighted by molar-refractivity contribution is -0.140. The van der Waals surface area contributed by atoms with Crippen molar-refractivity contribution >= 4 is 40.0 Å². The highest BCUT2D eigenvalue weighted by Gasteiger charge is 2.47. The summed E-state index contributed by atoms with van der Waals surface area (Å²) in [6.45, 7) is 2.65. The van der Waals surface area contributed by atoms with E-state index in [1.165, 1.54) is 12.0 Å². The van der Waals surface area contributed by atoms with Crippen LogP contribution in [0.3, 0.4) is 0 Å². The minimum absolute atomic E-state index is 0.0367. The lowest BCUT2D eigenvalue weighted by atomic mass is 9.93. The quantitative estimate of drug-likeness (QED) is 0.229. The number of ether oxygens (including phenoxy) is 2. The van der Waals surface area contributed by atoms with Crippen molar-refractivity contribution in [2.75, 3.05) is 27.4 Å². The van der Waals surface area contributed by atoms with E-state index in [9.17, 15) is 14.7 Å². The first-order valence-electron chi connectivity index (χ1n) is 10.6. The van der Waals surface area contributed by atoms with E-state index in [-0.39, 0.29) is 11.3 Å². The minimum atomic E-state index is -0.750. The number of methoxy groups -OCH3 is 2. The molecule has 1 aliphatic rings. The zero-order chi connectivity index (χ0) is 23.7. The van der Waals surface area contributed by atoms with E-state index >= 15 is 0 Å². The Morgan fingerprint density at radius 3 is 2.67 bits per heavy atom. The number of ketones is 1. The Morgan fingerprint density at radius 2 is 1.94 bits per heavy atom. The van der Waals surface area contributed by atoms with E-state index in [0.29, 0.717) is 35.9 Å². The van der Waals surface area contributed by atoms with Gasteiger partial charge in [0.05, 0.1) is 23.7 Å². The van der Waals surface area contributed by atoms with Crippen LogP contribution in [-0.4, -0.2) is 54.1 Å². The number of aromatic amines is 1. The van der Waals surface area contributed by atoms with Gasteiger partial charge in [-0.2, -0.15) is 0 Å². The largest absolute Gasteiger partial charge is 0.507 e. The molecule has 1 aliphatic heterocycles. The van der Waals surface area contributed by atoms with Crippen LogP contribution in [0.15, 0.2) is 48.0 Å². The number of fused-ring (bicyclic) bond motifs is 1. The van der Waals surface area contributed by atoms with Crippen LogP contribution in [0.5, 0.6) is 5.75 Å². The first kappa shape index (κ1) is 22.9. The number of carbonyl (C=O) groups excluding carboxylic acids is 2. The number of halogens is 1. The molecule has 0 saturated carbocycles. The SMILES string of the molecule is COCCCN1C(=O)C(=O)/C(=C(/O)c2ccc(Cl)c(OC)c2)C1c1c(C)[nH]c2ccccc12. The van der Waals surface area contributed by atoms with Gasteiger partial charge in [0.25, 0.3) is 11.7 Å². The summed E-state index contributed by atoms with van der Waals surface area (Å²) in [5.74, 6) is -1.29. The van der Waals surface area contributed by atoms with E-state index in [4.69, 9.17) is 21.1 Å². The summed E-state index contributed by atoms with van der Waals surface area (Å²) < 4.78 is 10.4. The fraction of sp³-hybridized carbons (Fsp3) is 0.280. The fourth-order valence-electron chi connectivity index (χ4n) is 4.40. The van der Waals surface area contributed by atoms with E-state index < -0.39 is 17.7 Å². The van der Waals surface area contributed by atoms with Crippen LogP contribution in [-0.2, 0) is 14.3 Å². The second kappa shape index (κ2) is 9.29.